The van der Waals surface area contributed by atoms with Gasteiger partial charge in [-0.25, -0.2) is 4.98 Å². The standard InChI is InChI=1S/C13H18ClN3OS/c1-16(2)5-4-10-8-17(3)13(19)11-6-9(14)7-15-12(11)18-10/h6-7,10H,4-5,8H2,1-3H3. The molecule has 0 fully saturated rings. The fourth-order valence-electron chi connectivity index (χ4n) is 2.02. The Morgan fingerprint density at radius 1 is 1.58 bits per heavy atom. The van der Waals surface area contributed by atoms with Crippen LogP contribution in [0.1, 0.15) is 12.0 Å². The number of pyridine rings is 1. The molecule has 1 aromatic heterocycles. The first-order chi connectivity index (χ1) is 8.97. The summed E-state index contributed by atoms with van der Waals surface area (Å²) in [5.74, 6) is 0.586. The molecule has 4 nitrogen and oxygen atoms in total. The van der Waals surface area contributed by atoms with Crippen LogP contribution in [0.2, 0.25) is 5.02 Å². The van der Waals surface area contributed by atoms with Crippen LogP contribution in [0.4, 0.5) is 0 Å². The maximum atomic E-state index is 5.98. The Morgan fingerprint density at radius 3 is 3.00 bits per heavy atom. The molecule has 19 heavy (non-hydrogen) atoms. The van der Waals surface area contributed by atoms with Crippen LogP contribution in [0.15, 0.2) is 12.3 Å². The van der Waals surface area contributed by atoms with Crippen LogP contribution in [0, 0.1) is 0 Å². The molecule has 1 aromatic rings. The van der Waals surface area contributed by atoms with Crippen LogP contribution in [0.5, 0.6) is 5.88 Å². The molecule has 0 spiro atoms. The van der Waals surface area contributed by atoms with Crippen molar-refractivity contribution in [1.82, 2.24) is 14.8 Å². The Kier molecular flexibility index (Phi) is 4.60. The highest BCUT2D eigenvalue weighted by molar-refractivity contribution is 7.80. The Morgan fingerprint density at radius 2 is 2.32 bits per heavy atom. The maximum Gasteiger partial charge on any atom is 0.224 e. The number of halogens is 1. The Labute approximate surface area is 124 Å². The van der Waals surface area contributed by atoms with Gasteiger partial charge in [-0.05, 0) is 26.6 Å². The lowest BCUT2D eigenvalue weighted by Gasteiger charge is -2.22. The van der Waals surface area contributed by atoms with Crippen LogP contribution < -0.4 is 4.74 Å². The zero-order valence-corrected chi connectivity index (χ0v) is 13.0. The van der Waals surface area contributed by atoms with Gasteiger partial charge in [0.05, 0.1) is 17.1 Å². The Hall–Kier alpha value is -0.910. The summed E-state index contributed by atoms with van der Waals surface area (Å²) in [6.45, 7) is 1.73. The first-order valence-corrected chi connectivity index (χ1v) is 6.98. The molecule has 0 aromatic carbocycles. The second-order valence-electron chi connectivity index (χ2n) is 5.02. The molecular weight excluding hydrogens is 282 g/mol. The fraction of sp³-hybridized carbons (Fsp3) is 0.538. The lowest BCUT2D eigenvalue weighted by Crippen LogP contribution is -2.35. The maximum absolute atomic E-state index is 5.98. The third-order valence-corrected chi connectivity index (χ3v) is 3.79. The van der Waals surface area contributed by atoms with Gasteiger partial charge in [0.2, 0.25) is 5.88 Å². The molecule has 1 aliphatic heterocycles. The summed E-state index contributed by atoms with van der Waals surface area (Å²) >= 11 is 11.4. The van der Waals surface area contributed by atoms with Crippen molar-refractivity contribution < 1.29 is 4.74 Å². The van der Waals surface area contributed by atoms with Gasteiger partial charge in [0.15, 0.2) is 0 Å². The van der Waals surface area contributed by atoms with Gasteiger partial charge in [0.1, 0.15) is 11.1 Å². The van der Waals surface area contributed by atoms with Crippen LogP contribution in [-0.2, 0) is 0 Å². The van der Waals surface area contributed by atoms with Gasteiger partial charge in [-0.2, -0.15) is 0 Å². The molecule has 0 saturated carbocycles. The molecule has 0 N–H and O–H groups in total. The van der Waals surface area contributed by atoms with Gasteiger partial charge in [0.25, 0.3) is 0 Å². The molecule has 1 unspecified atom stereocenters. The highest BCUT2D eigenvalue weighted by Crippen LogP contribution is 2.26. The van der Waals surface area contributed by atoms with E-state index < -0.39 is 0 Å². The first kappa shape index (κ1) is 14.5. The van der Waals surface area contributed by atoms with Crippen LogP contribution in [-0.4, -0.2) is 60.1 Å². The molecule has 2 rings (SSSR count). The van der Waals surface area contributed by atoms with Gasteiger partial charge in [-0.15, -0.1) is 0 Å². The minimum absolute atomic E-state index is 0.0836. The molecule has 0 bridgehead atoms. The molecule has 0 aliphatic carbocycles. The second kappa shape index (κ2) is 6.03. The molecular formula is C13H18ClN3OS. The lowest BCUT2D eigenvalue weighted by molar-refractivity contribution is 0.154. The summed E-state index contributed by atoms with van der Waals surface area (Å²) in [5, 5.41) is 0.574. The van der Waals surface area contributed by atoms with E-state index in [4.69, 9.17) is 28.6 Å². The van der Waals surface area contributed by atoms with Gasteiger partial charge < -0.3 is 14.5 Å². The van der Waals surface area contributed by atoms with E-state index >= 15 is 0 Å². The van der Waals surface area contributed by atoms with Crippen LogP contribution in [0.3, 0.4) is 0 Å². The average Bonchev–Trinajstić information content (AvgIpc) is 2.47. The van der Waals surface area contributed by atoms with Crippen molar-refractivity contribution >= 4 is 28.8 Å². The van der Waals surface area contributed by atoms with Gasteiger partial charge in [-0.3, -0.25) is 0 Å². The van der Waals surface area contributed by atoms with E-state index in [0.717, 1.165) is 30.1 Å². The van der Waals surface area contributed by atoms with Gasteiger partial charge in [0, 0.05) is 19.8 Å². The highest BCUT2D eigenvalue weighted by atomic mass is 35.5. The number of ether oxygens (including phenoxy) is 1. The predicted molar refractivity (Wildman–Crippen MR) is 81.2 cm³/mol. The van der Waals surface area contributed by atoms with Crippen molar-refractivity contribution in [3.05, 3.63) is 22.8 Å². The van der Waals surface area contributed by atoms with E-state index in [1.807, 2.05) is 18.0 Å². The minimum atomic E-state index is 0.0836. The van der Waals surface area contributed by atoms with E-state index in [-0.39, 0.29) is 6.10 Å². The van der Waals surface area contributed by atoms with Crippen molar-refractivity contribution in [3.63, 3.8) is 0 Å². The molecule has 2 heterocycles. The van der Waals surface area contributed by atoms with E-state index in [0.29, 0.717) is 10.9 Å². The van der Waals surface area contributed by atoms with Crippen molar-refractivity contribution in [2.24, 2.45) is 0 Å². The monoisotopic (exact) mass is 299 g/mol. The molecule has 6 heteroatoms. The van der Waals surface area contributed by atoms with Crippen molar-refractivity contribution in [3.8, 4) is 5.88 Å². The third kappa shape index (κ3) is 3.55. The summed E-state index contributed by atoms with van der Waals surface area (Å²) in [6, 6.07) is 1.82. The number of nitrogens with zero attached hydrogens (tertiary/aromatic N) is 3. The Bertz CT molecular complexity index is 481. The topological polar surface area (TPSA) is 28.6 Å². The number of rotatable bonds is 3. The number of fused-ring (bicyclic) bond motifs is 1. The van der Waals surface area contributed by atoms with Crippen molar-refractivity contribution in [2.75, 3.05) is 34.2 Å². The fourth-order valence-corrected chi connectivity index (χ4v) is 2.39. The van der Waals surface area contributed by atoms with Crippen LogP contribution >= 0.6 is 23.8 Å². The predicted octanol–water partition coefficient (Wildman–Crippen LogP) is 2.05. The number of hydrogen-bond donors (Lipinski definition) is 0. The normalized spacial score (nSPS) is 19.1. The summed E-state index contributed by atoms with van der Waals surface area (Å²) in [6.07, 6.45) is 2.61. The zero-order chi connectivity index (χ0) is 14.0. The number of likely N-dealkylation sites (N-methyl/N-ethyl adjacent to an activating group) is 1. The van der Waals surface area contributed by atoms with E-state index in [1.54, 1.807) is 6.20 Å². The number of hydrogen-bond acceptors (Lipinski definition) is 4. The number of aromatic nitrogens is 1. The zero-order valence-electron chi connectivity index (χ0n) is 11.4. The minimum Gasteiger partial charge on any atom is -0.472 e. The lowest BCUT2D eigenvalue weighted by atomic mass is 10.2. The highest BCUT2D eigenvalue weighted by Gasteiger charge is 2.25. The summed E-state index contributed by atoms with van der Waals surface area (Å²) < 4.78 is 5.98. The summed E-state index contributed by atoms with van der Waals surface area (Å²) in [7, 11) is 6.08. The van der Waals surface area contributed by atoms with Crippen molar-refractivity contribution in [1.29, 1.82) is 0 Å². The molecule has 104 valence electrons. The van der Waals surface area contributed by atoms with Crippen LogP contribution in [0.25, 0.3) is 0 Å². The third-order valence-electron chi connectivity index (χ3n) is 3.05. The van der Waals surface area contributed by atoms with E-state index in [1.165, 1.54) is 0 Å². The second-order valence-corrected chi connectivity index (χ2v) is 5.85. The number of thiocarbonyl (C=S) groups is 1. The summed E-state index contributed by atoms with van der Waals surface area (Å²) in [5.41, 5.74) is 0.803. The van der Waals surface area contributed by atoms with Gasteiger partial charge in [-0.1, -0.05) is 23.8 Å². The molecule has 1 atom stereocenters. The molecule has 0 radical (unpaired) electrons. The first-order valence-electron chi connectivity index (χ1n) is 6.19. The molecule has 0 amide bonds. The summed E-state index contributed by atoms with van der Waals surface area (Å²) in [4.78, 5) is 9.16. The van der Waals surface area contributed by atoms with E-state index in [9.17, 15) is 0 Å². The molecule has 0 saturated heterocycles. The largest absolute Gasteiger partial charge is 0.472 e. The quantitative estimate of drug-likeness (QED) is 0.797. The molecule has 1 aliphatic rings. The smallest absolute Gasteiger partial charge is 0.224 e. The van der Waals surface area contributed by atoms with E-state index in [2.05, 4.69) is 24.0 Å². The van der Waals surface area contributed by atoms with Crippen molar-refractivity contribution in [2.45, 2.75) is 12.5 Å². The Balaban J connectivity index is 2.22. The van der Waals surface area contributed by atoms with Gasteiger partial charge >= 0.3 is 0 Å². The SMILES string of the molecule is CN(C)CCC1CN(C)C(=S)c2cc(Cl)cnc2O1. The average molecular weight is 300 g/mol.